The van der Waals surface area contributed by atoms with E-state index in [9.17, 15) is 8.42 Å². The van der Waals surface area contributed by atoms with E-state index in [0.717, 1.165) is 39.4 Å². The molecule has 1 saturated heterocycles. The Balaban J connectivity index is 2.08. The van der Waals surface area contributed by atoms with E-state index in [1.165, 1.54) is 38.4 Å². The molecule has 2 fully saturated rings. The molecule has 1 saturated carbocycles. The second kappa shape index (κ2) is 9.56. The summed E-state index contributed by atoms with van der Waals surface area (Å²) < 4.78 is 28.6. The van der Waals surface area contributed by atoms with Crippen LogP contribution in [0.4, 0.5) is 0 Å². The number of sulfone groups is 1. The lowest BCUT2D eigenvalue weighted by Gasteiger charge is -2.48. The molecule has 158 valence electrons. The van der Waals surface area contributed by atoms with Crippen molar-refractivity contribution in [3.05, 3.63) is 0 Å². The van der Waals surface area contributed by atoms with Crippen LogP contribution in [0.25, 0.3) is 0 Å². The second-order valence-electron chi connectivity index (χ2n) is 8.46. The van der Waals surface area contributed by atoms with E-state index in [0.29, 0.717) is 5.96 Å². The molecule has 8 heteroatoms. The topological polar surface area (TPSA) is 83.0 Å². The van der Waals surface area contributed by atoms with Crippen molar-refractivity contribution in [2.45, 2.75) is 63.2 Å². The number of rotatable bonds is 7. The number of hydrogen-bond donors (Lipinski definition) is 2. The predicted molar refractivity (Wildman–Crippen MR) is 111 cm³/mol. The molecule has 0 aromatic carbocycles. The number of morpholine rings is 1. The van der Waals surface area contributed by atoms with Crippen LogP contribution < -0.4 is 10.6 Å². The van der Waals surface area contributed by atoms with Crippen LogP contribution in [0.2, 0.25) is 0 Å². The van der Waals surface area contributed by atoms with E-state index < -0.39 is 14.6 Å². The lowest BCUT2D eigenvalue weighted by Crippen LogP contribution is -2.60. The van der Waals surface area contributed by atoms with Gasteiger partial charge in [-0.25, -0.2) is 8.42 Å². The van der Waals surface area contributed by atoms with E-state index >= 15 is 0 Å². The van der Waals surface area contributed by atoms with Crippen LogP contribution >= 0.6 is 0 Å². The molecular weight excluding hydrogens is 364 g/mol. The lowest BCUT2D eigenvalue weighted by atomic mass is 9.80. The number of guanidine groups is 1. The zero-order chi connectivity index (χ0) is 20.0. The number of aliphatic imine (C=N–C) groups is 1. The molecule has 0 bridgehead atoms. The first-order chi connectivity index (χ1) is 12.7. The van der Waals surface area contributed by atoms with Gasteiger partial charge in [0.2, 0.25) is 0 Å². The van der Waals surface area contributed by atoms with Crippen molar-refractivity contribution in [2.75, 3.05) is 52.2 Å². The highest BCUT2D eigenvalue weighted by molar-refractivity contribution is 7.92. The van der Waals surface area contributed by atoms with Gasteiger partial charge in [-0.3, -0.25) is 9.89 Å². The van der Waals surface area contributed by atoms with Crippen molar-refractivity contribution in [2.24, 2.45) is 4.99 Å². The van der Waals surface area contributed by atoms with Gasteiger partial charge in [-0.15, -0.1) is 0 Å². The molecule has 7 nitrogen and oxygen atoms in total. The molecule has 0 spiro atoms. The van der Waals surface area contributed by atoms with Crippen molar-refractivity contribution < 1.29 is 13.2 Å². The Morgan fingerprint density at radius 2 is 1.78 bits per heavy atom. The van der Waals surface area contributed by atoms with Crippen molar-refractivity contribution in [1.29, 1.82) is 0 Å². The fraction of sp³-hybridized carbons (Fsp3) is 0.947. The quantitative estimate of drug-likeness (QED) is 0.495. The van der Waals surface area contributed by atoms with Crippen LogP contribution in [-0.2, 0) is 14.6 Å². The third-order valence-electron chi connectivity index (χ3n) is 6.02. The maximum Gasteiger partial charge on any atom is 0.191 e. The maximum atomic E-state index is 12.0. The summed E-state index contributed by atoms with van der Waals surface area (Å²) in [7, 11) is -3.16. The van der Waals surface area contributed by atoms with E-state index in [1.54, 1.807) is 13.8 Å². The van der Waals surface area contributed by atoms with Crippen LogP contribution in [-0.4, -0.2) is 81.8 Å². The maximum absolute atomic E-state index is 12.0. The summed E-state index contributed by atoms with van der Waals surface area (Å²) in [6.45, 7) is 10.9. The Morgan fingerprint density at radius 3 is 2.33 bits per heavy atom. The molecule has 1 heterocycles. The molecule has 0 aromatic heterocycles. The average Bonchev–Trinajstić information content (AvgIpc) is 2.64. The number of nitrogens with one attached hydrogen (secondary N) is 2. The van der Waals surface area contributed by atoms with E-state index in [2.05, 4.69) is 20.5 Å². The minimum atomic E-state index is -3.16. The zero-order valence-electron chi connectivity index (χ0n) is 17.5. The summed E-state index contributed by atoms with van der Waals surface area (Å²) in [5.74, 6) is 0.701. The smallest absolute Gasteiger partial charge is 0.191 e. The molecule has 2 rings (SSSR count). The first kappa shape index (κ1) is 22.4. The van der Waals surface area contributed by atoms with Gasteiger partial charge in [0.1, 0.15) is 0 Å². The molecule has 0 amide bonds. The summed E-state index contributed by atoms with van der Waals surface area (Å²) in [6.07, 6.45) is 7.48. The van der Waals surface area contributed by atoms with Crippen LogP contribution in [0.5, 0.6) is 0 Å². The molecule has 2 N–H and O–H groups in total. The van der Waals surface area contributed by atoms with Gasteiger partial charge in [0, 0.05) is 38.0 Å². The monoisotopic (exact) mass is 402 g/mol. The van der Waals surface area contributed by atoms with E-state index in [-0.39, 0.29) is 12.1 Å². The molecule has 1 aliphatic carbocycles. The highest BCUT2D eigenvalue weighted by Crippen LogP contribution is 2.33. The molecular formula is C19H38N4O3S. The Morgan fingerprint density at radius 1 is 1.15 bits per heavy atom. The minimum absolute atomic E-state index is 0.143. The number of ether oxygens (including phenoxy) is 1. The molecule has 1 aliphatic heterocycles. The van der Waals surface area contributed by atoms with Crippen LogP contribution in [0.3, 0.4) is 0 Å². The molecule has 2 aliphatic rings. The molecule has 0 radical (unpaired) electrons. The van der Waals surface area contributed by atoms with Crippen LogP contribution in [0.1, 0.15) is 52.9 Å². The average molecular weight is 403 g/mol. The highest BCUT2D eigenvalue weighted by atomic mass is 32.2. The van der Waals surface area contributed by atoms with Crippen molar-refractivity contribution in [3.63, 3.8) is 0 Å². The Bertz CT molecular complexity index is 592. The molecule has 0 aromatic rings. The number of hydrogen-bond acceptors (Lipinski definition) is 5. The normalized spacial score (nSPS) is 22.4. The summed E-state index contributed by atoms with van der Waals surface area (Å²) in [5, 5.41) is 6.78. The van der Waals surface area contributed by atoms with Gasteiger partial charge < -0.3 is 15.4 Å². The van der Waals surface area contributed by atoms with Gasteiger partial charge >= 0.3 is 0 Å². The fourth-order valence-electron chi connectivity index (χ4n) is 3.83. The van der Waals surface area contributed by atoms with Gasteiger partial charge in [-0.05, 0) is 33.6 Å². The van der Waals surface area contributed by atoms with Gasteiger partial charge in [-0.1, -0.05) is 19.3 Å². The van der Waals surface area contributed by atoms with Gasteiger partial charge in [-0.2, -0.15) is 0 Å². The molecule has 0 atom stereocenters. The first-order valence-corrected chi connectivity index (χ1v) is 12.1. The predicted octanol–water partition coefficient (Wildman–Crippen LogP) is 1.40. The molecule has 27 heavy (non-hydrogen) atoms. The van der Waals surface area contributed by atoms with Crippen molar-refractivity contribution in [3.8, 4) is 0 Å². The zero-order valence-corrected chi connectivity index (χ0v) is 18.3. The summed E-state index contributed by atoms with van der Waals surface area (Å²) in [4.78, 5) is 7.17. The third kappa shape index (κ3) is 6.06. The third-order valence-corrected chi connectivity index (χ3v) is 8.15. The van der Waals surface area contributed by atoms with Crippen molar-refractivity contribution >= 4 is 15.8 Å². The number of nitrogens with zero attached hydrogens (tertiary/aromatic N) is 2. The fourth-order valence-corrected chi connectivity index (χ4v) is 4.13. The van der Waals surface area contributed by atoms with Crippen LogP contribution in [0.15, 0.2) is 4.99 Å². The Hall–Kier alpha value is -0.860. The molecule has 0 unspecified atom stereocenters. The Labute approximate surface area is 165 Å². The minimum Gasteiger partial charge on any atom is -0.379 e. The largest absolute Gasteiger partial charge is 0.379 e. The summed E-state index contributed by atoms with van der Waals surface area (Å²) in [5.41, 5.74) is 0.143. The second-order valence-corrected chi connectivity index (χ2v) is 11.1. The lowest BCUT2D eigenvalue weighted by molar-refractivity contribution is -0.0352. The van der Waals surface area contributed by atoms with E-state index in [4.69, 9.17) is 4.74 Å². The van der Waals surface area contributed by atoms with E-state index in [1.807, 2.05) is 6.92 Å². The first-order valence-electron chi connectivity index (χ1n) is 10.2. The SMILES string of the molecule is CCNC(=NCC(C)(C)S(C)(=O)=O)NCC1(N2CCOCC2)CCCCC1. The standard InChI is InChI=1S/C19H38N4O3S/c1-5-20-17(21-15-18(2,3)27(4,24)25)22-16-19(9-7-6-8-10-19)23-11-13-26-14-12-23/h5-16H2,1-4H3,(H2,20,21,22). The Kier molecular flexibility index (Phi) is 7.94. The summed E-state index contributed by atoms with van der Waals surface area (Å²) in [6, 6.07) is 0. The van der Waals surface area contributed by atoms with Gasteiger partial charge in [0.25, 0.3) is 0 Å². The van der Waals surface area contributed by atoms with Crippen LogP contribution in [0, 0.1) is 0 Å². The van der Waals surface area contributed by atoms with Crippen molar-refractivity contribution in [1.82, 2.24) is 15.5 Å². The van der Waals surface area contributed by atoms with Gasteiger partial charge in [0.05, 0.1) is 24.5 Å². The van der Waals surface area contributed by atoms with Gasteiger partial charge in [0.15, 0.2) is 15.8 Å². The summed E-state index contributed by atoms with van der Waals surface area (Å²) >= 11 is 0. The highest BCUT2D eigenvalue weighted by Gasteiger charge is 2.38.